The van der Waals surface area contributed by atoms with Crippen molar-refractivity contribution in [2.75, 3.05) is 6.54 Å². The van der Waals surface area contributed by atoms with Crippen molar-refractivity contribution in [2.45, 2.75) is 58.2 Å². The highest BCUT2D eigenvalue weighted by Gasteiger charge is 2.34. The molecule has 0 amide bonds. The molecule has 3 rings (SSSR count). The molecule has 0 spiro atoms. The zero-order valence-electron chi connectivity index (χ0n) is 18.6. The Labute approximate surface area is 190 Å². The van der Waals surface area contributed by atoms with Gasteiger partial charge in [0.25, 0.3) is 0 Å². The summed E-state index contributed by atoms with van der Waals surface area (Å²) in [6.45, 7) is 4.64. The summed E-state index contributed by atoms with van der Waals surface area (Å²) >= 11 is 0. The van der Waals surface area contributed by atoms with Crippen LogP contribution in [0.1, 0.15) is 51.8 Å². The fraction of sp³-hybridized carbons (Fsp3) is 0.478. The zero-order valence-corrected chi connectivity index (χ0v) is 18.6. The van der Waals surface area contributed by atoms with Crippen molar-refractivity contribution in [3.8, 4) is 17.0 Å². The van der Waals surface area contributed by atoms with Gasteiger partial charge in [0.2, 0.25) is 5.92 Å². The van der Waals surface area contributed by atoms with Gasteiger partial charge in [0, 0.05) is 24.9 Å². The molecule has 5 nitrogen and oxygen atoms in total. The maximum Gasteiger partial charge on any atom is 0.573 e. The molecule has 10 heteroatoms. The number of aromatic nitrogens is 2. The minimum Gasteiger partial charge on any atom is -0.406 e. The van der Waals surface area contributed by atoms with E-state index in [1.54, 1.807) is 12.1 Å². The van der Waals surface area contributed by atoms with Crippen LogP contribution in [0.4, 0.5) is 22.0 Å². The molecule has 1 aromatic heterocycles. The summed E-state index contributed by atoms with van der Waals surface area (Å²) < 4.78 is 67.3. The van der Waals surface area contributed by atoms with Crippen molar-refractivity contribution >= 4 is 11.9 Å². The lowest BCUT2D eigenvalue weighted by atomic mass is 9.87. The van der Waals surface area contributed by atoms with E-state index in [9.17, 15) is 22.0 Å². The fourth-order valence-electron chi connectivity index (χ4n) is 3.16. The number of nitrogens with zero attached hydrogens (tertiary/aromatic N) is 2. The average molecular weight is 473 g/mol. The number of hydrogen-bond donors (Lipinski definition) is 2. The van der Waals surface area contributed by atoms with Gasteiger partial charge < -0.3 is 15.5 Å². The van der Waals surface area contributed by atoms with Crippen molar-refractivity contribution < 1.29 is 26.7 Å². The van der Waals surface area contributed by atoms with E-state index in [1.165, 1.54) is 36.9 Å². The van der Waals surface area contributed by atoms with Gasteiger partial charge in [0.1, 0.15) is 17.4 Å². The fourth-order valence-corrected chi connectivity index (χ4v) is 3.16. The van der Waals surface area contributed by atoms with Gasteiger partial charge >= 0.3 is 6.36 Å². The van der Waals surface area contributed by atoms with Gasteiger partial charge in [-0.05, 0) is 43.0 Å². The summed E-state index contributed by atoms with van der Waals surface area (Å²) in [7, 11) is 0. The third kappa shape index (κ3) is 9.63. The molecule has 1 heterocycles. The monoisotopic (exact) mass is 472 g/mol. The molecule has 3 N–H and O–H groups in total. The van der Waals surface area contributed by atoms with Crippen LogP contribution < -0.4 is 10.5 Å². The number of aromatic amines is 1. The topological polar surface area (TPSA) is 76.3 Å². The normalized spacial score (nSPS) is 17.0. The van der Waals surface area contributed by atoms with E-state index in [1.807, 2.05) is 0 Å². The minimum absolute atomic E-state index is 0.0954. The van der Waals surface area contributed by atoms with Crippen molar-refractivity contribution in [1.29, 1.82) is 0 Å². The summed E-state index contributed by atoms with van der Waals surface area (Å²) in [5, 5.41) is 0. The van der Waals surface area contributed by atoms with Crippen LogP contribution in [0.3, 0.4) is 0 Å². The Bertz CT molecular complexity index is 927. The highest BCUT2D eigenvalue weighted by atomic mass is 19.4. The number of benzene rings is 1. The SMILES string of the molecule is CCC.NC(/C=C\c1ncc(-c2cccc(OC(F)(F)F)c2)[nH]1)=NCC1CCC(F)(F)CC1. The first-order valence-electron chi connectivity index (χ1n) is 10.8. The lowest BCUT2D eigenvalue weighted by molar-refractivity contribution is -0.274. The van der Waals surface area contributed by atoms with Gasteiger partial charge in [-0.25, -0.2) is 13.8 Å². The van der Waals surface area contributed by atoms with Crippen LogP contribution >= 0.6 is 0 Å². The maximum atomic E-state index is 13.2. The number of hydrogen-bond acceptors (Lipinski definition) is 3. The predicted molar refractivity (Wildman–Crippen MR) is 119 cm³/mol. The number of halogens is 5. The van der Waals surface area contributed by atoms with E-state index >= 15 is 0 Å². The third-order valence-corrected chi connectivity index (χ3v) is 4.75. The second kappa shape index (κ2) is 11.8. The Hall–Kier alpha value is -2.91. The van der Waals surface area contributed by atoms with Gasteiger partial charge in [-0.1, -0.05) is 32.4 Å². The molecule has 0 radical (unpaired) electrons. The predicted octanol–water partition coefficient (Wildman–Crippen LogP) is 6.59. The van der Waals surface area contributed by atoms with Crippen molar-refractivity contribution in [2.24, 2.45) is 16.6 Å². The molecule has 1 fully saturated rings. The van der Waals surface area contributed by atoms with Gasteiger partial charge in [0.05, 0.1) is 11.9 Å². The highest BCUT2D eigenvalue weighted by molar-refractivity contribution is 5.94. The summed E-state index contributed by atoms with van der Waals surface area (Å²) in [5.41, 5.74) is 6.81. The molecule has 1 aliphatic carbocycles. The first-order valence-corrected chi connectivity index (χ1v) is 10.8. The van der Waals surface area contributed by atoms with Crippen LogP contribution in [-0.2, 0) is 0 Å². The van der Waals surface area contributed by atoms with Gasteiger partial charge in [0.15, 0.2) is 0 Å². The molecular weight excluding hydrogens is 443 g/mol. The van der Waals surface area contributed by atoms with Crippen LogP contribution in [0.5, 0.6) is 5.75 Å². The van der Waals surface area contributed by atoms with E-state index < -0.39 is 12.3 Å². The number of nitrogens with two attached hydrogens (primary N) is 1. The highest BCUT2D eigenvalue weighted by Crippen LogP contribution is 2.36. The Kier molecular flexibility index (Phi) is 9.43. The van der Waals surface area contributed by atoms with Crippen molar-refractivity contribution in [3.63, 3.8) is 0 Å². The molecule has 182 valence electrons. The second-order valence-corrected chi connectivity index (χ2v) is 7.86. The summed E-state index contributed by atoms with van der Waals surface area (Å²) in [4.78, 5) is 11.3. The number of rotatable bonds is 6. The Morgan fingerprint density at radius 2 is 1.94 bits per heavy atom. The maximum absolute atomic E-state index is 13.2. The van der Waals surface area contributed by atoms with Crippen LogP contribution in [0.25, 0.3) is 17.3 Å². The summed E-state index contributed by atoms with van der Waals surface area (Å²) in [5.74, 6) is -2.13. The lowest BCUT2D eigenvalue weighted by Crippen LogP contribution is -2.26. The first-order chi connectivity index (χ1) is 15.5. The van der Waals surface area contributed by atoms with E-state index in [4.69, 9.17) is 5.73 Å². The van der Waals surface area contributed by atoms with E-state index in [0.717, 1.165) is 0 Å². The van der Waals surface area contributed by atoms with E-state index in [2.05, 4.69) is 33.5 Å². The Morgan fingerprint density at radius 3 is 2.58 bits per heavy atom. The molecule has 0 bridgehead atoms. The quantitative estimate of drug-likeness (QED) is 0.283. The lowest BCUT2D eigenvalue weighted by Gasteiger charge is -2.27. The van der Waals surface area contributed by atoms with E-state index in [-0.39, 0.29) is 30.3 Å². The number of ether oxygens (including phenoxy) is 1. The van der Waals surface area contributed by atoms with Crippen molar-refractivity contribution in [3.05, 3.63) is 42.4 Å². The molecule has 33 heavy (non-hydrogen) atoms. The molecule has 0 atom stereocenters. The van der Waals surface area contributed by atoms with Gasteiger partial charge in [-0.2, -0.15) is 0 Å². The third-order valence-electron chi connectivity index (χ3n) is 4.75. The van der Waals surface area contributed by atoms with Gasteiger partial charge in [-0.3, -0.25) is 4.99 Å². The van der Waals surface area contributed by atoms with E-state index in [0.29, 0.717) is 36.5 Å². The summed E-state index contributed by atoms with van der Waals surface area (Å²) in [6.07, 6.45) is 1.67. The molecule has 0 saturated heterocycles. The Balaban J connectivity index is 0.00000122. The molecular formula is C23H29F5N4O. The van der Waals surface area contributed by atoms with Gasteiger partial charge in [-0.15, -0.1) is 13.2 Å². The van der Waals surface area contributed by atoms with Crippen molar-refractivity contribution in [1.82, 2.24) is 9.97 Å². The van der Waals surface area contributed by atoms with Crippen LogP contribution in [-0.4, -0.2) is 34.6 Å². The number of alkyl halides is 5. The van der Waals surface area contributed by atoms with Crippen LogP contribution in [0.15, 0.2) is 41.5 Å². The summed E-state index contributed by atoms with van der Waals surface area (Å²) in [6, 6.07) is 5.52. The molecule has 0 aliphatic heterocycles. The standard InChI is InChI=1S/C20H21F5N4O.C3H8/c21-19(22)8-6-13(7-9-19)11-27-17(26)4-5-18-28-12-16(29-18)14-2-1-3-15(10-14)30-20(23,24)25;1-3-2/h1-5,10,12-13H,6-9,11H2,(H2,26,27)(H,28,29);3H2,1-2H3/b5-4-;. The first kappa shape index (κ1) is 26.3. The van der Waals surface area contributed by atoms with Crippen LogP contribution in [0.2, 0.25) is 0 Å². The number of aliphatic imine (C=N–C) groups is 1. The molecule has 2 aromatic rings. The number of imidazole rings is 1. The zero-order chi connectivity index (χ0) is 24.5. The molecule has 1 aliphatic rings. The number of nitrogens with one attached hydrogen (secondary N) is 1. The largest absolute Gasteiger partial charge is 0.573 e. The minimum atomic E-state index is -4.77. The Morgan fingerprint density at radius 1 is 1.27 bits per heavy atom. The smallest absolute Gasteiger partial charge is 0.406 e. The molecule has 1 saturated carbocycles. The molecule has 0 unspecified atom stereocenters. The van der Waals surface area contributed by atoms with Crippen LogP contribution in [0, 0.1) is 5.92 Å². The number of amidine groups is 1. The second-order valence-electron chi connectivity index (χ2n) is 7.86. The average Bonchev–Trinajstić information content (AvgIpc) is 3.20. The molecule has 1 aromatic carbocycles. The number of H-pyrrole nitrogens is 1.